The van der Waals surface area contributed by atoms with Crippen LogP contribution in [0.4, 0.5) is 0 Å². The third-order valence-corrected chi connectivity index (χ3v) is 4.97. The normalized spacial score (nSPS) is 18.7. The van der Waals surface area contributed by atoms with Gasteiger partial charge in [-0.2, -0.15) is 0 Å². The number of carbonyl (C=O) groups is 2. The quantitative estimate of drug-likeness (QED) is 0.851. The van der Waals surface area contributed by atoms with Crippen LogP contribution in [0.15, 0.2) is 24.3 Å². The maximum atomic E-state index is 12.4. The van der Waals surface area contributed by atoms with E-state index in [2.05, 4.69) is 0 Å². The van der Waals surface area contributed by atoms with Crippen molar-refractivity contribution in [1.82, 2.24) is 9.80 Å². The van der Waals surface area contributed by atoms with Gasteiger partial charge in [-0.15, -0.1) is 0 Å². The summed E-state index contributed by atoms with van der Waals surface area (Å²) in [5, 5.41) is 0. The highest BCUT2D eigenvalue weighted by atomic mass is 16.5. The molecule has 0 bridgehead atoms. The monoisotopic (exact) mass is 330 g/mol. The fraction of sp³-hybridized carbons (Fsp3) is 0.579. The molecule has 0 saturated carbocycles. The topological polar surface area (TPSA) is 49.9 Å². The van der Waals surface area contributed by atoms with Crippen molar-refractivity contribution in [3.05, 3.63) is 29.8 Å². The van der Waals surface area contributed by atoms with Gasteiger partial charge in [-0.3, -0.25) is 9.59 Å². The molecular weight excluding hydrogens is 304 g/mol. The lowest BCUT2D eigenvalue weighted by Gasteiger charge is -2.33. The Labute approximate surface area is 143 Å². The third kappa shape index (κ3) is 4.08. The predicted octanol–water partition coefficient (Wildman–Crippen LogP) is 2.23. The van der Waals surface area contributed by atoms with Crippen LogP contribution in [0.2, 0.25) is 0 Å². The molecule has 1 aromatic carbocycles. The van der Waals surface area contributed by atoms with Crippen LogP contribution < -0.4 is 4.74 Å². The van der Waals surface area contributed by atoms with E-state index in [1.165, 1.54) is 0 Å². The molecule has 0 aliphatic carbocycles. The molecule has 2 aliphatic rings. The highest BCUT2D eigenvalue weighted by Gasteiger charge is 2.31. The molecule has 0 aromatic heterocycles. The highest BCUT2D eigenvalue weighted by Crippen LogP contribution is 2.22. The molecule has 0 atom stereocenters. The fourth-order valence-corrected chi connectivity index (χ4v) is 3.51. The first-order valence-corrected chi connectivity index (χ1v) is 8.89. The first-order chi connectivity index (χ1) is 11.6. The Hall–Kier alpha value is -2.04. The van der Waals surface area contributed by atoms with E-state index in [1.54, 1.807) is 0 Å². The first-order valence-electron chi connectivity index (χ1n) is 8.89. The van der Waals surface area contributed by atoms with Gasteiger partial charge in [0.2, 0.25) is 5.91 Å². The van der Waals surface area contributed by atoms with Gasteiger partial charge < -0.3 is 14.5 Å². The molecule has 130 valence electrons. The van der Waals surface area contributed by atoms with Gasteiger partial charge in [0.1, 0.15) is 5.75 Å². The second-order valence-corrected chi connectivity index (χ2v) is 6.79. The van der Waals surface area contributed by atoms with Crippen molar-refractivity contribution in [2.75, 3.05) is 32.8 Å². The second kappa shape index (κ2) is 7.69. The summed E-state index contributed by atoms with van der Waals surface area (Å²) in [6, 6.07) is 7.71. The first kappa shape index (κ1) is 16.8. The van der Waals surface area contributed by atoms with E-state index in [4.69, 9.17) is 4.74 Å². The Morgan fingerprint density at radius 3 is 2.46 bits per heavy atom. The molecule has 24 heavy (non-hydrogen) atoms. The predicted molar refractivity (Wildman–Crippen MR) is 91.8 cm³/mol. The molecular formula is C19H26N2O3. The number of benzene rings is 1. The minimum atomic E-state index is 0.00331. The molecule has 2 aliphatic heterocycles. The van der Waals surface area contributed by atoms with Gasteiger partial charge in [0.15, 0.2) is 6.61 Å². The number of carbonyl (C=O) groups excluding carboxylic acids is 2. The molecule has 5 heteroatoms. The van der Waals surface area contributed by atoms with Crippen LogP contribution in [-0.2, 0) is 9.59 Å². The van der Waals surface area contributed by atoms with Crippen molar-refractivity contribution in [1.29, 1.82) is 0 Å². The van der Waals surface area contributed by atoms with Crippen LogP contribution in [0.1, 0.15) is 31.2 Å². The van der Waals surface area contributed by atoms with Crippen molar-refractivity contribution in [2.45, 2.75) is 32.6 Å². The molecule has 0 spiro atoms. The lowest BCUT2D eigenvalue weighted by Crippen LogP contribution is -2.45. The second-order valence-electron chi connectivity index (χ2n) is 6.79. The van der Waals surface area contributed by atoms with Crippen molar-refractivity contribution in [3.8, 4) is 5.75 Å². The van der Waals surface area contributed by atoms with Crippen LogP contribution in [0.25, 0.3) is 0 Å². The zero-order valence-electron chi connectivity index (χ0n) is 14.4. The average molecular weight is 330 g/mol. The smallest absolute Gasteiger partial charge is 0.260 e. The number of hydrogen-bond donors (Lipinski definition) is 0. The van der Waals surface area contributed by atoms with Crippen molar-refractivity contribution in [2.24, 2.45) is 5.92 Å². The minimum Gasteiger partial charge on any atom is -0.484 e. The Kier molecular flexibility index (Phi) is 5.38. The summed E-state index contributed by atoms with van der Waals surface area (Å²) in [6.07, 6.45) is 3.79. The third-order valence-electron chi connectivity index (χ3n) is 4.97. The zero-order valence-corrected chi connectivity index (χ0v) is 14.4. The average Bonchev–Trinajstić information content (AvgIpc) is 3.14. The number of hydrogen-bond acceptors (Lipinski definition) is 3. The maximum absolute atomic E-state index is 12.4. The van der Waals surface area contributed by atoms with Crippen molar-refractivity contribution < 1.29 is 14.3 Å². The Balaban J connectivity index is 1.44. The van der Waals surface area contributed by atoms with E-state index in [-0.39, 0.29) is 24.3 Å². The van der Waals surface area contributed by atoms with Gasteiger partial charge in [0, 0.05) is 32.1 Å². The molecule has 2 fully saturated rings. The number of nitrogens with zero attached hydrogens (tertiary/aromatic N) is 2. The Morgan fingerprint density at radius 1 is 1.08 bits per heavy atom. The molecule has 0 N–H and O–H groups in total. The minimum absolute atomic E-state index is 0.00331. The molecule has 3 rings (SSSR count). The van der Waals surface area contributed by atoms with E-state index < -0.39 is 0 Å². The van der Waals surface area contributed by atoms with Gasteiger partial charge in [-0.25, -0.2) is 0 Å². The van der Waals surface area contributed by atoms with Crippen molar-refractivity contribution >= 4 is 11.8 Å². The van der Waals surface area contributed by atoms with Gasteiger partial charge in [0.05, 0.1) is 0 Å². The number of rotatable bonds is 4. The lowest BCUT2D eigenvalue weighted by atomic mass is 9.95. The highest BCUT2D eigenvalue weighted by molar-refractivity contribution is 5.81. The summed E-state index contributed by atoms with van der Waals surface area (Å²) >= 11 is 0. The summed E-state index contributed by atoms with van der Waals surface area (Å²) in [7, 11) is 0. The summed E-state index contributed by atoms with van der Waals surface area (Å²) in [6.45, 7) is 5.18. The van der Waals surface area contributed by atoms with Crippen LogP contribution >= 0.6 is 0 Å². The maximum Gasteiger partial charge on any atom is 0.260 e. The number of aryl methyl sites for hydroxylation is 1. The van der Waals surface area contributed by atoms with Crippen LogP contribution in [0, 0.1) is 12.8 Å². The van der Waals surface area contributed by atoms with E-state index in [0.29, 0.717) is 13.1 Å². The Bertz CT molecular complexity index is 588. The number of ether oxygens (including phenoxy) is 1. The van der Waals surface area contributed by atoms with Crippen molar-refractivity contribution in [3.63, 3.8) is 0 Å². The summed E-state index contributed by atoms with van der Waals surface area (Å²) in [5.74, 6) is 1.10. The fourth-order valence-electron chi connectivity index (χ4n) is 3.51. The standard InChI is InChI=1S/C19H26N2O3/c1-15-5-4-6-17(13-15)24-14-18(22)20-11-7-16(8-12-20)19(23)21-9-2-3-10-21/h4-6,13,16H,2-3,7-12,14H2,1H3. The van der Waals surface area contributed by atoms with E-state index in [9.17, 15) is 9.59 Å². The largest absolute Gasteiger partial charge is 0.484 e. The van der Waals surface area contributed by atoms with Gasteiger partial charge in [0.25, 0.3) is 5.91 Å². The number of piperidine rings is 1. The molecule has 1 aromatic rings. The van der Waals surface area contributed by atoms with E-state index in [0.717, 1.165) is 50.1 Å². The summed E-state index contributed by atoms with van der Waals surface area (Å²) in [5.41, 5.74) is 1.11. The SMILES string of the molecule is Cc1cccc(OCC(=O)N2CCC(C(=O)N3CCCC3)CC2)c1. The van der Waals surface area contributed by atoms with Gasteiger partial charge >= 0.3 is 0 Å². The summed E-state index contributed by atoms with van der Waals surface area (Å²) < 4.78 is 5.59. The van der Waals surface area contributed by atoms with Gasteiger partial charge in [-0.1, -0.05) is 12.1 Å². The molecule has 2 heterocycles. The van der Waals surface area contributed by atoms with Crippen LogP contribution in [0.5, 0.6) is 5.75 Å². The van der Waals surface area contributed by atoms with Crippen LogP contribution in [0.3, 0.4) is 0 Å². The van der Waals surface area contributed by atoms with Crippen LogP contribution in [-0.4, -0.2) is 54.4 Å². The molecule has 2 saturated heterocycles. The van der Waals surface area contributed by atoms with E-state index in [1.807, 2.05) is 41.0 Å². The summed E-state index contributed by atoms with van der Waals surface area (Å²) in [4.78, 5) is 28.5. The molecule has 0 radical (unpaired) electrons. The number of amides is 2. The molecule has 2 amide bonds. The molecule has 5 nitrogen and oxygen atoms in total. The van der Waals surface area contributed by atoms with E-state index >= 15 is 0 Å². The zero-order chi connectivity index (χ0) is 16.9. The molecule has 0 unspecified atom stereocenters. The van der Waals surface area contributed by atoms with Gasteiger partial charge in [-0.05, 0) is 50.3 Å². The lowest BCUT2D eigenvalue weighted by molar-refractivity contribution is -0.140. The Morgan fingerprint density at radius 2 is 1.79 bits per heavy atom. The number of likely N-dealkylation sites (tertiary alicyclic amines) is 2.